The fourth-order valence-electron chi connectivity index (χ4n) is 0.151. The number of carbonyl (C=O) groups is 1. The number of nitrogens with one attached hydrogen (secondary N) is 1. The monoisotopic (exact) mass is 401 g/mol. The molecule has 0 heterocycles. The largest absolute Gasteiger partial charge is 0.693 e. The van der Waals surface area contributed by atoms with E-state index in [0.717, 1.165) is 0 Å². The summed E-state index contributed by atoms with van der Waals surface area (Å²) >= 11 is -0.472. The normalized spacial score (nSPS) is 5.58. The van der Waals surface area contributed by atoms with Gasteiger partial charge in [0.1, 0.15) is 0 Å². The van der Waals surface area contributed by atoms with Crippen LogP contribution in [0.15, 0.2) is 0 Å². The van der Waals surface area contributed by atoms with Gasteiger partial charge in [0, 0.05) is 6.54 Å². The third kappa shape index (κ3) is 78.2. The third-order valence-corrected chi connectivity index (χ3v) is 0.328. The molecule has 0 saturated carbocycles. The molecule has 0 spiro atoms. The summed E-state index contributed by atoms with van der Waals surface area (Å²) in [7, 11) is 9.75. The summed E-state index contributed by atoms with van der Waals surface area (Å²) < 4.78 is 0. The minimum Gasteiger partial charge on any atom is -0.693 e. The second-order valence-electron chi connectivity index (χ2n) is 0.881. The Kier molecular flexibility index (Phi) is 73.6. The van der Waals surface area contributed by atoms with Crippen molar-refractivity contribution in [2.24, 2.45) is 0 Å². The Morgan fingerprint density at radius 2 is 1.75 bits per heavy atom. The van der Waals surface area contributed by atoms with Crippen LogP contribution >= 0.6 is 18.8 Å². The molecule has 84 valence electrons. The van der Waals surface area contributed by atoms with Crippen LogP contribution < -0.4 is 5.32 Å². The Labute approximate surface area is 89.7 Å². The van der Waals surface area contributed by atoms with E-state index in [9.17, 15) is 4.79 Å². The van der Waals surface area contributed by atoms with Gasteiger partial charge in [-0.3, -0.25) is 0 Å². The Morgan fingerprint density at radius 1 is 1.50 bits per heavy atom. The van der Waals surface area contributed by atoms with Crippen LogP contribution in [0.4, 0.5) is 4.79 Å². The Hall–Kier alpha value is 0.458. The second-order valence-corrected chi connectivity index (χ2v) is 4.16. The minimum atomic E-state index is -0.961. The summed E-state index contributed by atoms with van der Waals surface area (Å²) in [6, 6.07) is 0. The fraction of sp³-hybridized carbons (Fsp3) is 0.500. The minimum absolute atomic E-state index is 0. The van der Waals surface area contributed by atoms with Gasteiger partial charge >= 0.3 is 41.4 Å². The molecule has 0 aromatic carbocycles. The number of hydrogen-bond acceptors (Lipinski definition) is 1. The summed E-state index contributed by atoms with van der Waals surface area (Å²) in [6.07, 6.45) is -0.961. The van der Waals surface area contributed by atoms with Crippen molar-refractivity contribution in [3.05, 3.63) is 19.7 Å². The maximum Gasteiger partial charge on any atom is -0.693 e. The molecule has 0 aliphatic heterocycles. The van der Waals surface area contributed by atoms with Crippen molar-refractivity contribution in [3.8, 4) is 0 Å². The molecule has 1 amide bonds. The predicted octanol–water partition coefficient (Wildman–Crippen LogP) is 3.53. The van der Waals surface area contributed by atoms with Crippen molar-refractivity contribution in [2.75, 3.05) is 6.54 Å². The number of halogens is 2. The van der Waals surface area contributed by atoms with E-state index < -0.39 is 22.6 Å². The summed E-state index contributed by atoms with van der Waals surface area (Å²) in [5.74, 6) is 0. The zero-order valence-corrected chi connectivity index (χ0v) is 10.6. The average Bonchev–Trinajstić information content (AvgIpc) is 1.67. The third-order valence-electron chi connectivity index (χ3n) is 0.328. The van der Waals surface area contributed by atoms with Crippen molar-refractivity contribution >= 4 is 24.9 Å². The first-order chi connectivity index (χ1) is 4.18. The molecule has 8 heteroatoms. The topological polar surface area (TPSA) is 116 Å². The molecule has 6 N–H and O–H groups in total. The summed E-state index contributed by atoms with van der Waals surface area (Å²) in [6.45, 7) is 2.21. The van der Waals surface area contributed by atoms with E-state index in [4.69, 9.17) is 23.9 Å². The van der Waals surface area contributed by atoms with Crippen LogP contribution in [-0.4, -0.2) is 17.7 Å². The van der Waals surface area contributed by atoms with Crippen LogP contribution in [0.2, 0.25) is 0 Å². The molecule has 0 aromatic rings. The number of rotatable bonds is 1. The standard InChI is InChI=1S/C3H7NO2.CH3.2ClH.2H2N.Pt/c1-2-4-3(5)6;;;;;;/h4H,2H2,1H3,(H,5,6);1H3;2*1H;2*1H2;/q;-1;;;2*-1;+2/p-2. The maximum atomic E-state index is 9.49. The molecule has 0 radical (unpaired) electrons. The molecule has 0 saturated heterocycles. The van der Waals surface area contributed by atoms with Crippen molar-refractivity contribution < 1.29 is 26.4 Å². The first kappa shape index (κ1) is 29.4. The molecule has 5 nitrogen and oxygen atoms in total. The van der Waals surface area contributed by atoms with Gasteiger partial charge in [-0.2, -0.15) is 0 Å². The molecular weight excluding hydrogens is 388 g/mol. The molecule has 0 aromatic heterocycles. The number of amides is 1. The van der Waals surface area contributed by atoms with Gasteiger partial charge < -0.3 is 30.2 Å². The van der Waals surface area contributed by atoms with Crippen LogP contribution in [0.3, 0.4) is 0 Å². The fourth-order valence-corrected chi connectivity index (χ4v) is 0.151. The van der Waals surface area contributed by atoms with Crippen LogP contribution in [0.25, 0.3) is 12.3 Å². The van der Waals surface area contributed by atoms with E-state index in [1.807, 2.05) is 0 Å². The van der Waals surface area contributed by atoms with Crippen LogP contribution in [0.1, 0.15) is 6.92 Å². The maximum absolute atomic E-state index is 9.49. The SMILES string of the molecule is CCNC(=O)O.[CH3-].[Cl][Pt][Cl].[NH2-].[NH2-]. The molecule has 0 atom stereocenters. The van der Waals surface area contributed by atoms with Crippen LogP contribution in [-0.2, 0) is 16.5 Å². The first-order valence-corrected chi connectivity index (χ1v) is 7.61. The van der Waals surface area contributed by atoms with E-state index in [1.165, 1.54) is 0 Å². The van der Waals surface area contributed by atoms with Gasteiger partial charge in [0.15, 0.2) is 0 Å². The molecular formula is C4H14Cl2N3O2Pt-3. The van der Waals surface area contributed by atoms with Gasteiger partial charge in [-0.25, -0.2) is 4.79 Å². The molecule has 12 heavy (non-hydrogen) atoms. The second kappa shape index (κ2) is 30.0. The molecule has 0 rings (SSSR count). The zero-order chi connectivity index (χ0) is 7.70. The number of carboxylic acid groups (broad SMARTS) is 1. The zero-order valence-electron chi connectivity index (χ0n) is 6.79. The number of hydrogen-bond donors (Lipinski definition) is 2. The van der Waals surface area contributed by atoms with Crippen molar-refractivity contribution in [3.63, 3.8) is 0 Å². The Bertz CT molecular complexity index is 79.3. The van der Waals surface area contributed by atoms with Gasteiger partial charge in [-0.05, 0) is 6.92 Å². The molecule has 0 aliphatic carbocycles. The van der Waals surface area contributed by atoms with Crippen LogP contribution in [0, 0.1) is 7.43 Å². The first-order valence-electron chi connectivity index (χ1n) is 1.98. The summed E-state index contributed by atoms with van der Waals surface area (Å²) in [4.78, 5) is 9.49. The van der Waals surface area contributed by atoms with Crippen LogP contribution in [0.5, 0.6) is 0 Å². The molecule has 0 aliphatic rings. The van der Waals surface area contributed by atoms with Gasteiger partial charge in [-0.15, -0.1) is 0 Å². The molecule has 0 fully saturated rings. The van der Waals surface area contributed by atoms with E-state index in [-0.39, 0.29) is 19.7 Å². The quantitative estimate of drug-likeness (QED) is 0.653. The molecule has 0 bridgehead atoms. The number of nitrogens with two attached hydrogens (primary N) is 2. The van der Waals surface area contributed by atoms with Crippen molar-refractivity contribution in [1.82, 2.24) is 5.32 Å². The van der Waals surface area contributed by atoms with Gasteiger partial charge in [0.05, 0.1) is 0 Å². The smallest absolute Gasteiger partial charge is 0.693 e. The van der Waals surface area contributed by atoms with E-state index in [0.29, 0.717) is 6.54 Å². The van der Waals surface area contributed by atoms with Crippen molar-refractivity contribution in [1.29, 1.82) is 0 Å². The molecule has 0 unspecified atom stereocenters. The van der Waals surface area contributed by atoms with E-state index in [2.05, 4.69) is 5.32 Å². The Balaban J connectivity index is -0.0000000246. The summed E-state index contributed by atoms with van der Waals surface area (Å²) in [5, 5.41) is 9.93. The Morgan fingerprint density at radius 3 is 1.75 bits per heavy atom. The van der Waals surface area contributed by atoms with Gasteiger partial charge in [0.25, 0.3) is 0 Å². The predicted molar refractivity (Wildman–Crippen MR) is 50.4 cm³/mol. The van der Waals surface area contributed by atoms with Crippen molar-refractivity contribution in [2.45, 2.75) is 6.92 Å². The van der Waals surface area contributed by atoms with Gasteiger partial charge in [0.2, 0.25) is 0 Å². The summed E-state index contributed by atoms with van der Waals surface area (Å²) in [5.41, 5.74) is 0. The van der Waals surface area contributed by atoms with E-state index >= 15 is 0 Å². The van der Waals surface area contributed by atoms with E-state index in [1.54, 1.807) is 6.92 Å². The van der Waals surface area contributed by atoms with Gasteiger partial charge in [-0.1, -0.05) is 0 Å². The average molecular weight is 402 g/mol.